The van der Waals surface area contributed by atoms with Crippen molar-refractivity contribution >= 4 is 5.91 Å². The van der Waals surface area contributed by atoms with E-state index in [1.54, 1.807) is 0 Å². The number of carbonyl (C=O) groups excluding carboxylic acids is 1. The Labute approximate surface area is 150 Å². The highest BCUT2D eigenvalue weighted by Gasteiger charge is 2.38. The average Bonchev–Trinajstić information content (AvgIpc) is 3.06. The number of aromatic amines is 1. The predicted molar refractivity (Wildman–Crippen MR) is 97.0 cm³/mol. The van der Waals surface area contributed by atoms with Gasteiger partial charge in [0, 0.05) is 63.6 Å². The Bertz CT molecular complexity index is 559. The number of nitrogens with one attached hydrogen (secondary N) is 1. The number of amides is 1. The molecule has 2 aliphatic heterocycles. The number of fused-ring (bicyclic) bond motifs is 1. The lowest BCUT2D eigenvalue weighted by Crippen LogP contribution is -2.56. The standard InChI is InChI=1S/C19H32N4O2/c1-2-3-5-18-20-12-16(21-18)14-22-10-8-17-15(13-22)6-7-19(25)23(17)9-4-11-24/h12,15,17,24H,2-11,13-14H2,1H3,(H,20,21)/t15-,17+/m0/s1. The molecule has 0 unspecified atom stereocenters. The third kappa shape index (κ3) is 4.61. The maximum Gasteiger partial charge on any atom is 0.222 e. The van der Waals surface area contributed by atoms with Gasteiger partial charge < -0.3 is 15.0 Å². The Balaban J connectivity index is 1.54. The van der Waals surface area contributed by atoms with Gasteiger partial charge >= 0.3 is 0 Å². The third-order valence-corrected chi connectivity index (χ3v) is 5.63. The predicted octanol–water partition coefficient (Wildman–Crippen LogP) is 1.95. The summed E-state index contributed by atoms with van der Waals surface area (Å²) in [6, 6.07) is 0.367. The minimum atomic E-state index is 0.160. The summed E-state index contributed by atoms with van der Waals surface area (Å²) in [6.45, 7) is 6.06. The Morgan fingerprint density at radius 1 is 1.36 bits per heavy atom. The van der Waals surface area contributed by atoms with E-state index in [9.17, 15) is 4.79 Å². The van der Waals surface area contributed by atoms with E-state index in [1.165, 1.54) is 18.5 Å². The number of rotatable bonds is 8. The fraction of sp³-hybridized carbons (Fsp3) is 0.789. The summed E-state index contributed by atoms with van der Waals surface area (Å²) in [5, 5.41) is 9.09. The molecule has 1 aromatic rings. The normalized spacial score (nSPS) is 24.6. The summed E-state index contributed by atoms with van der Waals surface area (Å²) >= 11 is 0. The molecule has 2 fully saturated rings. The average molecular weight is 348 g/mol. The number of hydrogen-bond donors (Lipinski definition) is 2. The first-order valence-electron chi connectivity index (χ1n) is 9.86. The van der Waals surface area contributed by atoms with Crippen LogP contribution in [0.5, 0.6) is 0 Å². The largest absolute Gasteiger partial charge is 0.396 e. The Hall–Kier alpha value is -1.40. The van der Waals surface area contributed by atoms with Crippen molar-refractivity contribution in [3.05, 3.63) is 17.7 Å². The molecule has 0 radical (unpaired) electrons. The molecule has 6 nitrogen and oxygen atoms in total. The monoisotopic (exact) mass is 348 g/mol. The number of carbonyl (C=O) groups is 1. The van der Waals surface area contributed by atoms with Gasteiger partial charge in [0.05, 0.1) is 0 Å². The van der Waals surface area contributed by atoms with E-state index < -0.39 is 0 Å². The quantitative estimate of drug-likeness (QED) is 0.753. The highest BCUT2D eigenvalue weighted by Crippen LogP contribution is 2.31. The highest BCUT2D eigenvalue weighted by molar-refractivity contribution is 5.77. The molecule has 0 spiro atoms. The van der Waals surface area contributed by atoms with E-state index in [0.717, 1.165) is 44.7 Å². The number of aliphatic hydroxyl groups is 1. The topological polar surface area (TPSA) is 72.5 Å². The van der Waals surface area contributed by atoms with E-state index >= 15 is 0 Å². The van der Waals surface area contributed by atoms with Gasteiger partial charge in [-0.15, -0.1) is 0 Å². The zero-order chi connectivity index (χ0) is 17.6. The number of aliphatic hydroxyl groups excluding tert-OH is 1. The minimum absolute atomic E-state index is 0.160. The molecule has 1 aromatic heterocycles. The molecule has 25 heavy (non-hydrogen) atoms. The minimum Gasteiger partial charge on any atom is -0.396 e. The van der Waals surface area contributed by atoms with Gasteiger partial charge in [-0.2, -0.15) is 0 Å². The van der Waals surface area contributed by atoms with Crippen LogP contribution in [0.25, 0.3) is 0 Å². The fourth-order valence-corrected chi connectivity index (χ4v) is 4.30. The van der Waals surface area contributed by atoms with E-state index in [1.807, 2.05) is 11.1 Å². The Morgan fingerprint density at radius 3 is 3.04 bits per heavy atom. The Morgan fingerprint density at radius 2 is 2.24 bits per heavy atom. The van der Waals surface area contributed by atoms with Crippen LogP contribution in [0.15, 0.2) is 6.20 Å². The first kappa shape index (κ1) is 18.4. The molecule has 2 atom stereocenters. The molecule has 2 aliphatic rings. The highest BCUT2D eigenvalue weighted by atomic mass is 16.3. The summed E-state index contributed by atoms with van der Waals surface area (Å²) < 4.78 is 0. The number of unbranched alkanes of at least 4 members (excludes halogenated alkanes) is 1. The SMILES string of the molecule is CCCCc1ncc(CN2CC[C@@H]3[C@@H](CCC(=O)N3CCCO)C2)[nH]1. The lowest BCUT2D eigenvalue weighted by atomic mass is 9.83. The molecule has 3 heterocycles. The smallest absolute Gasteiger partial charge is 0.222 e. The van der Waals surface area contributed by atoms with Crippen LogP contribution in [0.2, 0.25) is 0 Å². The fourth-order valence-electron chi connectivity index (χ4n) is 4.30. The van der Waals surface area contributed by atoms with Gasteiger partial charge in [-0.05, 0) is 31.6 Å². The second-order valence-electron chi connectivity index (χ2n) is 7.51. The van der Waals surface area contributed by atoms with Crippen LogP contribution in [-0.4, -0.2) is 63.1 Å². The van der Waals surface area contributed by atoms with E-state index in [4.69, 9.17) is 5.11 Å². The van der Waals surface area contributed by atoms with Crippen LogP contribution in [-0.2, 0) is 17.8 Å². The maximum absolute atomic E-state index is 12.2. The number of likely N-dealkylation sites (tertiary alicyclic amines) is 2. The van der Waals surface area contributed by atoms with Crippen molar-refractivity contribution < 1.29 is 9.90 Å². The molecule has 6 heteroatoms. The summed E-state index contributed by atoms with van der Waals surface area (Å²) in [7, 11) is 0. The van der Waals surface area contributed by atoms with E-state index in [2.05, 4.69) is 21.8 Å². The van der Waals surface area contributed by atoms with Crippen LogP contribution in [0.1, 0.15) is 57.0 Å². The molecular formula is C19H32N4O2. The number of imidazole rings is 1. The number of hydrogen-bond acceptors (Lipinski definition) is 4. The molecule has 2 saturated heterocycles. The first-order valence-corrected chi connectivity index (χ1v) is 9.86. The van der Waals surface area contributed by atoms with Crippen LogP contribution in [0.4, 0.5) is 0 Å². The van der Waals surface area contributed by atoms with E-state index in [-0.39, 0.29) is 12.5 Å². The molecular weight excluding hydrogens is 316 g/mol. The van der Waals surface area contributed by atoms with Crippen molar-refractivity contribution in [2.24, 2.45) is 5.92 Å². The second-order valence-corrected chi connectivity index (χ2v) is 7.51. The lowest BCUT2D eigenvalue weighted by Gasteiger charge is -2.47. The van der Waals surface area contributed by atoms with Crippen LogP contribution in [0.3, 0.4) is 0 Å². The number of aryl methyl sites for hydroxylation is 1. The molecule has 0 bridgehead atoms. The van der Waals surface area contributed by atoms with Crippen molar-refractivity contribution in [1.82, 2.24) is 19.8 Å². The lowest BCUT2D eigenvalue weighted by molar-refractivity contribution is -0.141. The van der Waals surface area contributed by atoms with Crippen LogP contribution >= 0.6 is 0 Å². The number of aromatic nitrogens is 2. The van der Waals surface area contributed by atoms with Crippen LogP contribution in [0, 0.1) is 5.92 Å². The summed E-state index contributed by atoms with van der Waals surface area (Å²) in [4.78, 5) is 24.7. The molecule has 0 saturated carbocycles. The molecule has 0 aromatic carbocycles. The van der Waals surface area contributed by atoms with Gasteiger partial charge in [0.25, 0.3) is 0 Å². The molecule has 2 N–H and O–H groups in total. The van der Waals surface area contributed by atoms with Gasteiger partial charge in [-0.3, -0.25) is 9.69 Å². The van der Waals surface area contributed by atoms with Crippen molar-refractivity contribution in [2.45, 2.75) is 64.5 Å². The van der Waals surface area contributed by atoms with Crippen molar-refractivity contribution in [3.63, 3.8) is 0 Å². The molecule has 140 valence electrons. The maximum atomic E-state index is 12.2. The van der Waals surface area contributed by atoms with E-state index in [0.29, 0.717) is 31.3 Å². The number of nitrogens with zero attached hydrogens (tertiary/aromatic N) is 3. The summed E-state index contributed by atoms with van der Waals surface area (Å²) in [6.07, 6.45) is 8.77. The van der Waals surface area contributed by atoms with Crippen LogP contribution < -0.4 is 0 Å². The molecule has 0 aliphatic carbocycles. The molecule has 1 amide bonds. The Kier molecular flexibility index (Phi) is 6.48. The zero-order valence-corrected chi connectivity index (χ0v) is 15.4. The third-order valence-electron chi connectivity index (χ3n) is 5.63. The second kappa shape index (κ2) is 8.81. The van der Waals surface area contributed by atoms with Crippen molar-refractivity contribution in [3.8, 4) is 0 Å². The number of H-pyrrole nitrogens is 1. The first-order chi connectivity index (χ1) is 12.2. The summed E-state index contributed by atoms with van der Waals surface area (Å²) in [5.41, 5.74) is 1.20. The van der Waals surface area contributed by atoms with Crippen molar-refractivity contribution in [2.75, 3.05) is 26.2 Å². The zero-order valence-electron chi connectivity index (χ0n) is 15.4. The number of piperidine rings is 2. The molecule has 3 rings (SSSR count). The summed E-state index contributed by atoms with van der Waals surface area (Å²) in [5.74, 6) is 1.94. The van der Waals surface area contributed by atoms with Gasteiger partial charge in [0.15, 0.2) is 0 Å². The van der Waals surface area contributed by atoms with Gasteiger partial charge in [-0.1, -0.05) is 13.3 Å². The van der Waals surface area contributed by atoms with Gasteiger partial charge in [0.1, 0.15) is 5.82 Å². The van der Waals surface area contributed by atoms with Gasteiger partial charge in [0.2, 0.25) is 5.91 Å². The van der Waals surface area contributed by atoms with Gasteiger partial charge in [-0.25, -0.2) is 4.98 Å². The van der Waals surface area contributed by atoms with Crippen molar-refractivity contribution in [1.29, 1.82) is 0 Å².